The zero-order chi connectivity index (χ0) is 12.7. The summed E-state index contributed by atoms with van der Waals surface area (Å²) in [5.74, 6) is -0.0539. The predicted octanol–water partition coefficient (Wildman–Crippen LogP) is 2.27. The Balaban J connectivity index is 2.58. The van der Waals surface area contributed by atoms with Gasteiger partial charge in [-0.25, -0.2) is 4.39 Å². The van der Waals surface area contributed by atoms with E-state index in [9.17, 15) is 4.39 Å². The van der Waals surface area contributed by atoms with E-state index < -0.39 is 5.82 Å². The van der Waals surface area contributed by atoms with Gasteiger partial charge in [-0.2, -0.15) is 0 Å². The van der Waals surface area contributed by atoms with E-state index in [0.29, 0.717) is 19.0 Å². The third-order valence-corrected chi connectivity index (χ3v) is 2.43. The van der Waals surface area contributed by atoms with Crippen molar-refractivity contribution < 1.29 is 13.9 Å². The molecule has 0 heterocycles. The normalized spacial score (nSPS) is 10.2. The summed E-state index contributed by atoms with van der Waals surface area (Å²) in [6.45, 7) is 1.18. The quantitative estimate of drug-likeness (QED) is 0.601. The first-order chi connectivity index (χ1) is 8.16. The van der Waals surface area contributed by atoms with Gasteiger partial charge in [0.05, 0.1) is 12.2 Å². The van der Waals surface area contributed by atoms with Crippen molar-refractivity contribution in [1.29, 1.82) is 0 Å². The summed E-state index contributed by atoms with van der Waals surface area (Å²) >= 11 is 4.80. The Morgan fingerprint density at radius 1 is 1.35 bits per heavy atom. The fraction of sp³-hybridized carbons (Fsp3) is 0.417. The minimum Gasteiger partial charge on any atom is -0.493 e. The molecule has 94 valence electrons. The van der Waals surface area contributed by atoms with Crippen LogP contribution in [0.5, 0.6) is 5.75 Å². The van der Waals surface area contributed by atoms with E-state index in [4.69, 9.17) is 27.4 Å². The molecule has 1 aromatic carbocycles. The monoisotopic (exact) mass is 257 g/mol. The fourth-order valence-electron chi connectivity index (χ4n) is 1.39. The van der Waals surface area contributed by atoms with E-state index in [1.165, 1.54) is 6.07 Å². The lowest BCUT2D eigenvalue weighted by atomic mass is 10.2. The molecule has 3 nitrogen and oxygen atoms in total. The highest BCUT2D eigenvalue weighted by Crippen LogP contribution is 2.21. The summed E-state index contributed by atoms with van der Waals surface area (Å²) in [6, 6.07) is 4.54. The van der Waals surface area contributed by atoms with E-state index in [2.05, 4.69) is 0 Å². The molecule has 0 atom stereocenters. The number of rotatable bonds is 7. The number of thiocarbonyl (C=S) groups is 1. The molecule has 0 aromatic heterocycles. The molecule has 1 rings (SSSR count). The fourth-order valence-corrected chi connectivity index (χ4v) is 1.59. The van der Waals surface area contributed by atoms with Gasteiger partial charge in [-0.1, -0.05) is 18.3 Å². The van der Waals surface area contributed by atoms with Gasteiger partial charge in [-0.05, 0) is 25.0 Å². The van der Waals surface area contributed by atoms with Crippen molar-refractivity contribution in [2.24, 2.45) is 5.73 Å². The molecular formula is C12H16FNO2S. The van der Waals surface area contributed by atoms with Crippen LogP contribution in [0.2, 0.25) is 0 Å². The first-order valence-electron chi connectivity index (χ1n) is 5.37. The third-order valence-electron chi connectivity index (χ3n) is 2.22. The number of nitrogens with two attached hydrogens (primary N) is 1. The van der Waals surface area contributed by atoms with Gasteiger partial charge in [0.15, 0.2) is 0 Å². The Morgan fingerprint density at radius 2 is 2.06 bits per heavy atom. The number of hydrogen-bond acceptors (Lipinski definition) is 3. The Labute approximate surface area is 106 Å². The molecule has 0 radical (unpaired) electrons. The molecule has 1 aromatic rings. The number of benzene rings is 1. The number of methoxy groups -OCH3 is 1. The van der Waals surface area contributed by atoms with Crippen molar-refractivity contribution in [3.8, 4) is 5.75 Å². The van der Waals surface area contributed by atoms with Crippen molar-refractivity contribution in [2.75, 3.05) is 20.3 Å². The Kier molecular flexibility index (Phi) is 5.86. The van der Waals surface area contributed by atoms with Crippen molar-refractivity contribution in [3.05, 3.63) is 29.6 Å². The van der Waals surface area contributed by atoms with Gasteiger partial charge >= 0.3 is 0 Å². The van der Waals surface area contributed by atoms with Gasteiger partial charge in [-0.15, -0.1) is 0 Å². The second-order valence-electron chi connectivity index (χ2n) is 3.53. The lowest BCUT2D eigenvalue weighted by Gasteiger charge is -2.11. The number of ether oxygens (including phenoxy) is 2. The predicted molar refractivity (Wildman–Crippen MR) is 68.9 cm³/mol. The lowest BCUT2D eigenvalue weighted by molar-refractivity contribution is 0.184. The van der Waals surface area contributed by atoms with E-state index in [0.717, 1.165) is 12.8 Å². The first kappa shape index (κ1) is 13.9. The zero-order valence-electron chi connectivity index (χ0n) is 9.74. The minimum absolute atomic E-state index is 0.00925. The molecule has 2 N–H and O–H groups in total. The maximum atomic E-state index is 13.5. The second-order valence-corrected chi connectivity index (χ2v) is 3.97. The van der Waals surface area contributed by atoms with E-state index in [1.807, 2.05) is 0 Å². The van der Waals surface area contributed by atoms with Crippen molar-refractivity contribution in [3.63, 3.8) is 0 Å². The van der Waals surface area contributed by atoms with Gasteiger partial charge in [0.25, 0.3) is 0 Å². The summed E-state index contributed by atoms with van der Waals surface area (Å²) in [5.41, 5.74) is 5.63. The van der Waals surface area contributed by atoms with Crippen LogP contribution < -0.4 is 10.5 Å². The van der Waals surface area contributed by atoms with Gasteiger partial charge in [0, 0.05) is 13.7 Å². The summed E-state index contributed by atoms with van der Waals surface area (Å²) in [4.78, 5) is 0.00925. The van der Waals surface area contributed by atoms with Crippen LogP contribution in [0, 0.1) is 5.82 Å². The standard InChI is InChI=1S/C12H16FNO2S/c1-15-7-2-3-8-16-10-6-4-5-9(13)11(10)12(14)17/h4-6H,2-3,7-8H2,1H3,(H2,14,17). The largest absolute Gasteiger partial charge is 0.493 e. The molecule has 0 spiro atoms. The summed E-state index contributed by atoms with van der Waals surface area (Å²) < 4.78 is 23.8. The van der Waals surface area contributed by atoms with Crippen LogP contribution in [0.4, 0.5) is 4.39 Å². The van der Waals surface area contributed by atoms with Crippen LogP contribution in [0.25, 0.3) is 0 Å². The van der Waals surface area contributed by atoms with Crippen LogP contribution in [0.15, 0.2) is 18.2 Å². The van der Waals surface area contributed by atoms with E-state index in [1.54, 1.807) is 19.2 Å². The second kappa shape index (κ2) is 7.19. The molecule has 5 heteroatoms. The average Bonchev–Trinajstić information content (AvgIpc) is 2.28. The molecule has 0 amide bonds. The van der Waals surface area contributed by atoms with Crippen LogP contribution in [0.3, 0.4) is 0 Å². The number of hydrogen-bond donors (Lipinski definition) is 1. The van der Waals surface area contributed by atoms with Gasteiger partial charge in [-0.3, -0.25) is 0 Å². The number of halogens is 1. The molecule has 0 fully saturated rings. The highest BCUT2D eigenvalue weighted by atomic mass is 32.1. The SMILES string of the molecule is COCCCCOc1cccc(F)c1C(N)=S. The lowest BCUT2D eigenvalue weighted by Crippen LogP contribution is -2.14. The average molecular weight is 257 g/mol. The smallest absolute Gasteiger partial charge is 0.137 e. The molecule has 0 saturated heterocycles. The van der Waals surface area contributed by atoms with Crippen LogP contribution in [-0.4, -0.2) is 25.3 Å². The summed E-state index contributed by atoms with van der Waals surface area (Å²) in [5, 5.41) is 0. The Morgan fingerprint density at radius 3 is 2.71 bits per heavy atom. The summed E-state index contributed by atoms with van der Waals surface area (Å²) in [6.07, 6.45) is 1.73. The van der Waals surface area contributed by atoms with Gasteiger partial charge < -0.3 is 15.2 Å². The first-order valence-corrected chi connectivity index (χ1v) is 5.77. The Bertz CT molecular complexity index is 385. The van der Waals surface area contributed by atoms with E-state index in [-0.39, 0.29) is 10.6 Å². The van der Waals surface area contributed by atoms with Gasteiger partial charge in [0.2, 0.25) is 0 Å². The number of unbranched alkanes of at least 4 members (excludes halogenated alkanes) is 1. The van der Waals surface area contributed by atoms with Gasteiger partial charge in [0.1, 0.15) is 16.6 Å². The van der Waals surface area contributed by atoms with E-state index >= 15 is 0 Å². The molecule has 0 bridgehead atoms. The molecule has 17 heavy (non-hydrogen) atoms. The molecule has 0 aliphatic heterocycles. The highest BCUT2D eigenvalue weighted by molar-refractivity contribution is 7.80. The molecule has 0 aliphatic carbocycles. The molecule has 0 unspecified atom stereocenters. The third kappa shape index (κ3) is 4.28. The van der Waals surface area contributed by atoms with Crippen LogP contribution >= 0.6 is 12.2 Å². The molecular weight excluding hydrogens is 241 g/mol. The zero-order valence-corrected chi connectivity index (χ0v) is 10.6. The molecule has 0 aliphatic rings. The minimum atomic E-state index is -0.452. The van der Waals surface area contributed by atoms with Crippen molar-refractivity contribution in [1.82, 2.24) is 0 Å². The maximum Gasteiger partial charge on any atom is 0.137 e. The van der Waals surface area contributed by atoms with Crippen molar-refractivity contribution >= 4 is 17.2 Å². The topological polar surface area (TPSA) is 44.5 Å². The highest BCUT2D eigenvalue weighted by Gasteiger charge is 2.11. The summed E-state index contributed by atoms with van der Waals surface area (Å²) in [7, 11) is 1.65. The maximum absolute atomic E-state index is 13.5. The van der Waals surface area contributed by atoms with Crippen LogP contribution in [0.1, 0.15) is 18.4 Å². The van der Waals surface area contributed by atoms with Crippen LogP contribution in [-0.2, 0) is 4.74 Å². The molecule has 0 saturated carbocycles. The van der Waals surface area contributed by atoms with Crippen molar-refractivity contribution in [2.45, 2.75) is 12.8 Å². The Hall–Kier alpha value is -1.20.